The van der Waals surface area contributed by atoms with E-state index in [4.69, 9.17) is 9.84 Å². The largest absolute Gasteiger partial charge is 0.478 e. The molecule has 3 heteroatoms. The van der Waals surface area contributed by atoms with E-state index in [0.717, 1.165) is 0 Å². The van der Waals surface area contributed by atoms with E-state index in [0.29, 0.717) is 5.75 Å². The molecule has 0 aliphatic rings. The van der Waals surface area contributed by atoms with Gasteiger partial charge in [0.05, 0.1) is 6.26 Å². The van der Waals surface area contributed by atoms with Crippen LogP contribution in [-0.4, -0.2) is 11.1 Å². The molecule has 0 atom stereocenters. The third-order valence-corrected chi connectivity index (χ3v) is 1.33. The smallest absolute Gasteiger partial charge is 0.339 e. The molecule has 0 aromatic heterocycles. The monoisotopic (exact) mass is 164 g/mol. The zero-order chi connectivity index (χ0) is 8.97. The molecule has 1 N–H and O–H groups in total. The lowest BCUT2D eigenvalue weighted by atomic mass is 10.2. The fourth-order valence-corrected chi connectivity index (χ4v) is 0.836. The minimum atomic E-state index is -1.01. The van der Waals surface area contributed by atoms with Gasteiger partial charge in [-0.2, -0.15) is 0 Å². The summed E-state index contributed by atoms with van der Waals surface area (Å²) in [5, 5.41) is 8.68. The molecule has 62 valence electrons. The Morgan fingerprint density at radius 2 is 2.17 bits per heavy atom. The predicted octanol–water partition coefficient (Wildman–Crippen LogP) is 1.91. The van der Waals surface area contributed by atoms with Gasteiger partial charge in [0.25, 0.3) is 0 Å². The highest BCUT2D eigenvalue weighted by Gasteiger charge is 2.08. The Bertz CT molecular complexity index is 304. The van der Waals surface area contributed by atoms with Crippen molar-refractivity contribution in [2.45, 2.75) is 0 Å². The first kappa shape index (κ1) is 8.33. The van der Waals surface area contributed by atoms with Crippen LogP contribution in [0.2, 0.25) is 0 Å². The number of para-hydroxylation sites is 1. The zero-order valence-electron chi connectivity index (χ0n) is 6.36. The van der Waals surface area contributed by atoms with E-state index < -0.39 is 5.97 Å². The second-order valence-corrected chi connectivity index (χ2v) is 2.09. The van der Waals surface area contributed by atoms with Crippen molar-refractivity contribution >= 4 is 5.97 Å². The Morgan fingerprint density at radius 1 is 1.50 bits per heavy atom. The van der Waals surface area contributed by atoms with E-state index in [-0.39, 0.29) is 5.56 Å². The highest BCUT2D eigenvalue weighted by Crippen LogP contribution is 2.17. The van der Waals surface area contributed by atoms with Crippen LogP contribution in [0.1, 0.15) is 10.4 Å². The topological polar surface area (TPSA) is 46.5 Å². The summed E-state index contributed by atoms with van der Waals surface area (Å²) in [6, 6.07) is 6.39. The van der Waals surface area contributed by atoms with Crippen molar-refractivity contribution in [2.24, 2.45) is 0 Å². The molecule has 0 aliphatic carbocycles. The van der Waals surface area contributed by atoms with Crippen LogP contribution in [-0.2, 0) is 0 Å². The Kier molecular flexibility index (Phi) is 2.48. The molecule has 0 amide bonds. The van der Waals surface area contributed by atoms with Crippen LogP contribution in [0, 0.1) is 0 Å². The molecule has 0 spiro atoms. The molecular weight excluding hydrogens is 156 g/mol. The second-order valence-electron chi connectivity index (χ2n) is 2.09. The number of hydrogen-bond acceptors (Lipinski definition) is 2. The van der Waals surface area contributed by atoms with Gasteiger partial charge in [-0.25, -0.2) is 4.79 Å². The third-order valence-electron chi connectivity index (χ3n) is 1.33. The number of rotatable bonds is 3. The van der Waals surface area contributed by atoms with Gasteiger partial charge in [-0.05, 0) is 12.1 Å². The third kappa shape index (κ3) is 1.63. The summed E-state index contributed by atoms with van der Waals surface area (Å²) in [6.45, 7) is 3.34. The van der Waals surface area contributed by atoms with Crippen LogP contribution < -0.4 is 4.74 Å². The maximum atomic E-state index is 10.6. The van der Waals surface area contributed by atoms with Crippen molar-refractivity contribution in [1.82, 2.24) is 0 Å². The van der Waals surface area contributed by atoms with Gasteiger partial charge >= 0.3 is 5.97 Å². The van der Waals surface area contributed by atoms with E-state index in [1.807, 2.05) is 0 Å². The molecule has 0 fully saturated rings. The minimum absolute atomic E-state index is 0.136. The van der Waals surface area contributed by atoms with Crippen molar-refractivity contribution in [3.05, 3.63) is 42.7 Å². The van der Waals surface area contributed by atoms with Crippen LogP contribution in [0.4, 0.5) is 0 Å². The summed E-state index contributed by atoms with van der Waals surface area (Å²) >= 11 is 0. The number of hydrogen-bond donors (Lipinski definition) is 1. The SMILES string of the molecule is C=COc1ccccc1C(=O)O. The molecule has 0 aliphatic heterocycles. The molecule has 0 saturated heterocycles. The van der Waals surface area contributed by atoms with Gasteiger partial charge < -0.3 is 9.84 Å². The second kappa shape index (κ2) is 3.57. The van der Waals surface area contributed by atoms with Gasteiger partial charge in [-0.15, -0.1) is 0 Å². The first-order valence-corrected chi connectivity index (χ1v) is 3.35. The fourth-order valence-electron chi connectivity index (χ4n) is 0.836. The number of ether oxygens (including phenoxy) is 1. The molecule has 12 heavy (non-hydrogen) atoms. The summed E-state index contributed by atoms with van der Waals surface area (Å²) < 4.78 is 4.88. The number of carbonyl (C=O) groups is 1. The molecule has 0 radical (unpaired) electrons. The van der Waals surface area contributed by atoms with Crippen LogP contribution in [0.3, 0.4) is 0 Å². The predicted molar refractivity (Wildman–Crippen MR) is 44.2 cm³/mol. The van der Waals surface area contributed by atoms with Gasteiger partial charge in [-0.3, -0.25) is 0 Å². The summed E-state index contributed by atoms with van der Waals surface area (Å²) in [5.74, 6) is -0.701. The molecule has 0 heterocycles. The Morgan fingerprint density at radius 3 is 2.75 bits per heavy atom. The van der Waals surface area contributed by atoms with E-state index in [9.17, 15) is 4.79 Å². The lowest BCUT2D eigenvalue weighted by Gasteiger charge is -2.02. The normalized spacial score (nSPS) is 9.00. The fraction of sp³-hybridized carbons (Fsp3) is 0. The molecule has 1 aromatic rings. The summed E-state index contributed by atoms with van der Waals surface area (Å²) in [6.07, 6.45) is 1.20. The number of benzene rings is 1. The zero-order valence-corrected chi connectivity index (χ0v) is 6.36. The average Bonchev–Trinajstić information content (AvgIpc) is 2.05. The van der Waals surface area contributed by atoms with E-state index >= 15 is 0 Å². The Balaban J connectivity index is 3.07. The van der Waals surface area contributed by atoms with Crippen molar-refractivity contribution in [1.29, 1.82) is 0 Å². The molecule has 1 rings (SSSR count). The van der Waals surface area contributed by atoms with Crippen LogP contribution in [0.25, 0.3) is 0 Å². The molecule has 3 nitrogen and oxygen atoms in total. The van der Waals surface area contributed by atoms with E-state index in [2.05, 4.69) is 6.58 Å². The molecule has 0 saturated carbocycles. The summed E-state index contributed by atoms with van der Waals surface area (Å²) in [5.41, 5.74) is 0.136. The lowest BCUT2D eigenvalue weighted by molar-refractivity contribution is 0.0694. The lowest BCUT2D eigenvalue weighted by Crippen LogP contribution is -1.98. The van der Waals surface area contributed by atoms with Gasteiger partial charge in [0.15, 0.2) is 0 Å². The van der Waals surface area contributed by atoms with E-state index in [1.54, 1.807) is 18.2 Å². The highest BCUT2D eigenvalue weighted by atomic mass is 16.5. The van der Waals surface area contributed by atoms with Crippen molar-refractivity contribution in [3.8, 4) is 5.75 Å². The summed E-state index contributed by atoms with van der Waals surface area (Å²) in [4.78, 5) is 10.6. The Labute approximate surface area is 69.9 Å². The Hall–Kier alpha value is -1.77. The van der Waals surface area contributed by atoms with Gasteiger partial charge in [0.1, 0.15) is 11.3 Å². The number of carboxylic acids is 1. The number of carboxylic acid groups (broad SMARTS) is 1. The molecule has 0 bridgehead atoms. The average molecular weight is 164 g/mol. The van der Waals surface area contributed by atoms with Crippen LogP contribution >= 0.6 is 0 Å². The highest BCUT2D eigenvalue weighted by molar-refractivity contribution is 5.90. The van der Waals surface area contributed by atoms with Crippen LogP contribution in [0.5, 0.6) is 5.75 Å². The maximum absolute atomic E-state index is 10.6. The standard InChI is InChI=1S/C9H8O3/c1-2-12-8-6-4-3-5-7(8)9(10)11/h2-6H,1H2,(H,10,11). The minimum Gasteiger partial charge on any atom is -0.478 e. The first-order valence-electron chi connectivity index (χ1n) is 3.35. The van der Waals surface area contributed by atoms with Crippen molar-refractivity contribution in [2.75, 3.05) is 0 Å². The first-order chi connectivity index (χ1) is 5.75. The van der Waals surface area contributed by atoms with E-state index in [1.165, 1.54) is 12.3 Å². The van der Waals surface area contributed by atoms with Gasteiger partial charge in [0.2, 0.25) is 0 Å². The number of aromatic carboxylic acids is 1. The van der Waals surface area contributed by atoms with Crippen molar-refractivity contribution < 1.29 is 14.6 Å². The van der Waals surface area contributed by atoms with Crippen molar-refractivity contribution in [3.63, 3.8) is 0 Å². The van der Waals surface area contributed by atoms with Gasteiger partial charge in [-0.1, -0.05) is 18.7 Å². The molecule has 0 unspecified atom stereocenters. The van der Waals surface area contributed by atoms with Crippen LogP contribution in [0.15, 0.2) is 37.1 Å². The molecular formula is C9H8O3. The van der Waals surface area contributed by atoms with Gasteiger partial charge in [0, 0.05) is 0 Å². The summed E-state index contributed by atoms with van der Waals surface area (Å²) in [7, 11) is 0. The molecule has 1 aromatic carbocycles. The maximum Gasteiger partial charge on any atom is 0.339 e. The quantitative estimate of drug-likeness (QED) is 0.694.